The second-order valence-corrected chi connectivity index (χ2v) is 11.6. The molecule has 2 aromatic heterocycles. The van der Waals surface area contributed by atoms with E-state index in [1.54, 1.807) is 0 Å². The molecule has 212 valence electrons. The van der Waals surface area contributed by atoms with E-state index in [2.05, 4.69) is 66.9 Å². The number of hydrogen-bond donors (Lipinski definition) is 0. The summed E-state index contributed by atoms with van der Waals surface area (Å²) in [6.07, 6.45) is 0. The summed E-state index contributed by atoms with van der Waals surface area (Å²) in [5, 5.41) is 0. The zero-order valence-electron chi connectivity index (χ0n) is 24.7. The van der Waals surface area contributed by atoms with E-state index in [1.807, 2.05) is 79.7 Å². The van der Waals surface area contributed by atoms with Crippen LogP contribution >= 0.6 is 0 Å². The first-order valence-corrected chi connectivity index (χ1v) is 14.7. The van der Waals surface area contributed by atoms with Crippen LogP contribution in [-0.4, -0.2) is 24.5 Å². The summed E-state index contributed by atoms with van der Waals surface area (Å²) in [6.45, 7) is 6.50. The molecule has 1 aliphatic heterocycles. The lowest BCUT2D eigenvalue weighted by Crippen LogP contribution is -2.24. The Morgan fingerprint density at radius 1 is 0.545 bits per heavy atom. The van der Waals surface area contributed by atoms with Crippen LogP contribution in [0.25, 0.3) is 50.9 Å². The third kappa shape index (κ3) is 4.26. The van der Waals surface area contributed by atoms with Gasteiger partial charge in [-0.2, -0.15) is 0 Å². The van der Waals surface area contributed by atoms with Crippen LogP contribution in [0.5, 0.6) is 11.5 Å². The van der Waals surface area contributed by atoms with Crippen molar-refractivity contribution >= 4 is 11.0 Å². The summed E-state index contributed by atoms with van der Waals surface area (Å²) in [6, 6.07) is 41.0. The highest BCUT2D eigenvalue weighted by Crippen LogP contribution is 2.48. The summed E-state index contributed by atoms with van der Waals surface area (Å²) in [5.41, 5.74) is 7.87. The Balaban J connectivity index is 1.24. The molecule has 6 nitrogen and oxygen atoms in total. The summed E-state index contributed by atoms with van der Waals surface area (Å²) in [5.74, 6) is 4.55. The van der Waals surface area contributed by atoms with E-state index in [4.69, 9.17) is 24.7 Å². The van der Waals surface area contributed by atoms with Crippen molar-refractivity contribution in [3.63, 3.8) is 0 Å². The third-order valence-electron chi connectivity index (χ3n) is 8.47. The van der Waals surface area contributed by atoms with Crippen LogP contribution in [0.3, 0.4) is 0 Å². The second kappa shape index (κ2) is 9.99. The molecule has 0 amide bonds. The maximum Gasteiger partial charge on any atom is 0.164 e. The number of benzene rings is 5. The number of aromatic nitrogens is 5. The average Bonchev–Trinajstić information content (AvgIpc) is 3.40. The highest BCUT2D eigenvalue weighted by Gasteiger charge is 2.34. The van der Waals surface area contributed by atoms with E-state index in [1.165, 1.54) is 0 Å². The topological polar surface area (TPSA) is 65.7 Å². The van der Waals surface area contributed by atoms with Gasteiger partial charge in [0.25, 0.3) is 0 Å². The number of imidazole rings is 1. The summed E-state index contributed by atoms with van der Waals surface area (Å²) >= 11 is 0. The molecule has 0 spiro atoms. The highest BCUT2D eigenvalue weighted by molar-refractivity contribution is 5.78. The molecular weight excluding hydrogens is 542 g/mol. The van der Waals surface area contributed by atoms with Crippen molar-refractivity contribution in [2.45, 2.75) is 26.2 Å². The Kier molecular flexibility index (Phi) is 5.91. The van der Waals surface area contributed by atoms with Gasteiger partial charge in [-0.3, -0.25) is 4.57 Å². The number of rotatable bonds is 4. The van der Waals surface area contributed by atoms with Crippen LogP contribution in [0.4, 0.5) is 0 Å². The highest BCUT2D eigenvalue weighted by atomic mass is 16.5. The van der Waals surface area contributed by atoms with Gasteiger partial charge in [-0.1, -0.05) is 74.5 Å². The molecule has 0 radical (unpaired) electrons. The Hall–Kier alpha value is -5.62. The van der Waals surface area contributed by atoms with Crippen LogP contribution in [0.1, 0.15) is 30.8 Å². The Morgan fingerprint density at radius 3 is 1.91 bits per heavy atom. The van der Waals surface area contributed by atoms with Crippen LogP contribution in [0.2, 0.25) is 0 Å². The normalized spacial score (nSPS) is 13.2. The average molecular weight is 572 g/mol. The molecular formula is C38H29N5O. The molecule has 0 saturated carbocycles. The van der Waals surface area contributed by atoms with Gasteiger partial charge in [0.05, 0.1) is 11.0 Å². The van der Waals surface area contributed by atoms with Crippen LogP contribution < -0.4 is 4.74 Å². The molecule has 44 heavy (non-hydrogen) atoms. The van der Waals surface area contributed by atoms with E-state index in [9.17, 15) is 0 Å². The number of hydrogen-bond acceptors (Lipinski definition) is 5. The summed E-state index contributed by atoms with van der Waals surface area (Å²) in [7, 11) is 0. The predicted molar refractivity (Wildman–Crippen MR) is 174 cm³/mol. The fourth-order valence-electron chi connectivity index (χ4n) is 6.16. The monoisotopic (exact) mass is 571 g/mol. The largest absolute Gasteiger partial charge is 0.457 e. The molecule has 0 atom stereocenters. The minimum Gasteiger partial charge on any atom is -0.457 e. The lowest BCUT2D eigenvalue weighted by molar-refractivity contribution is 0.418. The maximum absolute atomic E-state index is 6.31. The number of nitrogens with zero attached hydrogens (tertiary/aromatic N) is 5. The standard InChI is InChI=1S/C38H29N5O/c1-24-39-31-14-8-9-15-32(31)43(24)28-20-17-26(18-21-28)36-40-35(25-11-5-4-6-12-25)41-37(42-36)27-19-22-34-30(23-27)38(2,3)29-13-7-10-16-33(29)44-34/h4-23H,1-3H3. The van der Waals surface area contributed by atoms with Gasteiger partial charge in [-0.25, -0.2) is 19.9 Å². The SMILES string of the molecule is Cc1nc2ccccc2n1-c1ccc(-c2nc(-c3ccccc3)nc(-c3ccc4c(c3)C(C)(C)c3ccccc3O4)n2)cc1. The van der Waals surface area contributed by atoms with Crippen molar-refractivity contribution < 1.29 is 4.74 Å². The van der Waals surface area contributed by atoms with E-state index < -0.39 is 0 Å². The molecule has 8 rings (SSSR count). The first-order chi connectivity index (χ1) is 21.5. The van der Waals surface area contributed by atoms with Gasteiger partial charge in [0.2, 0.25) is 0 Å². The lowest BCUT2D eigenvalue weighted by atomic mass is 9.75. The van der Waals surface area contributed by atoms with Gasteiger partial charge >= 0.3 is 0 Å². The zero-order chi connectivity index (χ0) is 29.8. The Bertz CT molecular complexity index is 2180. The van der Waals surface area contributed by atoms with Crippen LogP contribution in [0, 0.1) is 6.92 Å². The van der Waals surface area contributed by atoms with E-state index in [-0.39, 0.29) is 5.41 Å². The van der Waals surface area contributed by atoms with Gasteiger partial charge in [-0.05, 0) is 67.6 Å². The molecule has 0 unspecified atom stereocenters. The lowest BCUT2D eigenvalue weighted by Gasteiger charge is -2.34. The van der Waals surface area contributed by atoms with Crippen molar-refractivity contribution in [3.05, 3.63) is 138 Å². The van der Waals surface area contributed by atoms with Gasteiger partial charge in [-0.15, -0.1) is 0 Å². The zero-order valence-corrected chi connectivity index (χ0v) is 24.7. The molecule has 6 heteroatoms. The number of ether oxygens (including phenoxy) is 1. The van der Waals surface area contributed by atoms with E-state index in [0.29, 0.717) is 17.5 Å². The van der Waals surface area contributed by atoms with Gasteiger partial charge < -0.3 is 4.74 Å². The molecule has 0 N–H and O–H groups in total. The van der Waals surface area contributed by atoms with Crippen molar-refractivity contribution in [2.24, 2.45) is 0 Å². The molecule has 7 aromatic rings. The van der Waals surface area contributed by atoms with E-state index in [0.717, 1.165) is 61.9 Å². The van der Waals surface area contributed by atoms with Crippen LogP contribution in [-0.2, 0) is 5.41 Å². The predicted octanol–water partition coefficient (Wildman–Crippen LogP) is 8.95. The fraction of sp³-hybridized carbons (Fsp3) is 0.105. The molecule has 1 aliphatic rings. The fourth-order valence-corrected chi connectivity index (χ4v) is 6.16. The number of fused-ring (bicyclic) bond motifs is 3. The minimum absolute atomic E-state index is 0.246. The van der Waals surface area contributed by atoms with Crippen molar-refractivity contribution in [2.75, 3.05) is 0 Å². The van der Waals surface area contributed by atoms with Crippen molar-refractivity contribution in [3.8, 4) is 51.3 Å². The molecule has 0 bridgehead atoms. The first-order valence-electron chi connectivity index (χ1n) is 14.7. The number of para-hydroxylation sites is 3. The molecule has 5 aromatic carbocycles. The minimum atomic E-state index is -0.246. The number of aryl methyl sites for hydroxylation is 1. The van der Waals surface area contributed by atoms with Crippen molar-refractivity contribution in [1.82, 2.24) is 24.5 Å². The van der Waals surface area contributed by atoms with Gasteiger partial charge in [0.15, 0.2) is 17.5 Å². The Morgan fingerprint density at radius 2 is 1.14 bits per heavy atom. The van der Waals surface area contributed by atoms with Gasteiger partial charge in [0, 0.05) is 38.9 Å². The maximum atomic E-state index is 6.31. The quantitative estimate of drug-likeness (QED) is 0.211. The Labute approximate surface area is 255 Å². The summed E-state index contributed by atoms with van der Waals surface area (Å²) in [4.78, 5) is 19.7. The van der Waals surface area contributed by atoms with Crippen molar-refractivity contribution in [1.29, 1.82) is 0 Å². The molecule has 0 saturated heterocycles. The smallest absolute Gasteiger partial charge is 0.164 e. The molecule has 0 fully saturated rings. The first kappa shape index (κ1) is 26.0. The molecule has 3 heterocycles. The summed E-state index contributed by atoms with van der Waals surface area (Å²) < 4.78 is 8.48. The van der Waals surface area contributed by atoms with Gasteiger partial charge in [0.1, 0.15) is 17.3 Å². The third-order valence-corrected chi connectivity index (χ3v) is 8.47. The molecule has 0 aliphatic carbocycles. The van der Waals surface area contributed by atoms with E-state index >= 15 is 0 Å². The second-order valence-electron chi connectivity index (χ2n) is 11.6. The van der Waals surface area contributed by atoms with Crippen LogP contribution in [0.15, 0.2) is 121 Å².